The second-order valence-corrected chi connectivity index (χ2v) is 8.70. The molecule has 0 aromatic heterocycles. The Kier molecular flexibility index (Phi) is 6.69. The van der Waals surface area contributed by atoms with Gasteiger partial charge in [-0.3, -0.25) is 4.79 Å². The number of benzene rings is 2. The number of hydrogen-bond donors (Lipinski definition) is 2. The minimum Gasteiger partial charge on any atom is -0.387 e. The van der Waals surface area contributed by atoms with Gasteiger partial charge in [-0.25, -0.2) is 8.42 Å². The number of nitrogens with one attached hydrogen (secondary N) is 1. The lowest BCUT2D eigenvalue weighted by Gasteiger charge is -2.26. The number of aliphatic hydroxyl groups excluding tert-OH is 1. The van der Waals surface area contributed by atoms with Crippen molar-refractivity contribution in [1.29, 1.82) is 0 Å². The van der Waals surface area contributed by atoms with Crippen molar-refractivity contribution in [1.82, 2.24) is 9.62 Å². The van der Waals surface area contributed by atoms with E-state index in [4.69, 9.17) is 16.3 Å². The van der Waals surface area contributed by atoms with E-state index < -0.39 is 22.0 Å². The second kappa shape index (κ2) is 9.02. The van der Waals surface area contributed by atoms with Gasteiger partial charge in [-0.2, -0.15) is 4.31 Å². The topological polar surface area (TPSA) is 95.9 Å². The molecule has 1 atom stereocenters. The number of nitrogens with zero attached hydrogens (tertiary/aromatic N) is 1. The van der Waals surface area contributed by atoms with Crippen LogP contribution in [0.5, 0.6) is 0 Å². The van der Waals surface area contributed by atoms with Gasteiger partial charge < -0.3 is 15.2 Å². The van der Waals surface area contributed by atoms with Crippen molar-refractivity contribution in [3.05, 3.63) is 64.7 Å². The first-order valence-corrected chi connectivity index (χ1v) is 10.6. The fourth-order valence-electron chi connectivity index (χ4n) is 2.83. The molecule has 0 aliphatic carbocycles. The van der Waals surface area contributed by atoms with E-state index in [0.717, 1.165) is 0 Å². The Morgan fingerprint density at radius 3 is 2.54 bits per heavy atom. The van der Waals surface area contributed by atoms with Crippen molar-refractivity contribution >= 4 is 27.5 Å². The van der Waals surface area contributed by atoms with Crippen LogP contribution in [0.4, 0.5) is 0 Å². The molecule has 9 heteroatoms. The van der Waals surface area contributed by atoms with E-state index in [1.54, 1.807) is 24.3 Å². The van der Waals surface area contributed by atoms with Gasteiger partial charge >= 0.3 is 0 Å². The monoisotopic (exact) mass is 424 g/mol. The Balaban J connectivity index is 1.67. The highest BCUT2D eigenvalue weighted by atomic mass is 35.5. The minimum atomic E-state index is -3.68. The Morgan fingerprint density at radius 2 is 1.86 bits per heavy atom. The number of carbonyl (C=O) groups excluding carboxylic acids is 1. The highest BCUT2D eigenvalue weighted by molar-refractivity contribution is 7.89. The molecular formula is C19H21ClN2O5S. The first-order valence-electron chi connectivity index (χ1n) is 8.77. The summed E-state index contributed by atoms with van der Waals surface area (Å²) in [5.74, 6) is -0.466. The molecule has 3 rings (SSSR count). The zero-order valence-electron chi connectivity index (χ0n) is 15.0. The Labute approximate surface area is 168 Å². The van der Waals surface area contributed by atoms with Gasteiger partial charge in [0.05, 0.1) is 24.2 Å². The maximum Gasteiger partial charge on any atom is 0.251 e. The largest absolute Gasteiger partial charge is 0.387 e. The summed E-state index contributed by atoms with van der Waals surface area (Å²) < 4.78 is 32.0. The highest BCUT2D eigenvalue weighted by Crippen LogP contribution is 2.19. The van der Waals surface area contributed by atoms with Gasteiger partial charge in [0, 0.05) is 30.2 Å². The van der Waals surface area contributed by atoms with Crippen LogP contribution in [-0.4, -0.2) is 56.6 Å². The fourth-order valence-corrected chi connectivity index (χ4v) is 4.41. The molecule has 1 aliphatic rings. The van der Waals surface area contributed by atoms with Crippen LogP contribution in [0.1, 0.15) is 22.0 Å². The van der Waals surface area contributed by atoms with E-state index >= 15 is 0 Å². The molecule has 0 spiro atoms. The van der Waals surface area contributed by atoms with E-state index in [-0.39, 0.29) is 30.1 Å². The second-order valence-electron chi connectivity index (χ2n) is 6.32. The first-order chi connectivity index (χ1) is 13.4. The predicted molar refractivity (Wildman–Crippen MR) is 105 cm³/mol. The van der Waals surface area contributed by atoms with E-state index in [1.807, 2.05) is 0 Å². The molecule has 1 heterocycles. The summed E-state index contributed by atoms with van der Waals surface area (Å²) in [6.07, 6.45) is -0.901. The number of amides is 1. The molecule has 1 saturated heterocycles. The average molecular weight is 425 g/mol. The average Bonchev–Trinajstić information content (AvgIpc) is 2.73. The van der Waals surface area contributed by atoms with Gasteiger partial charge in [0.15, 0.2) is 0 Å². The van der Waals surface area contributed by atoms with Crippen LogP contribution >= 0.6 is 11.6 Å². The summed E-state index contributed by atoms with van der Waals surface area (Å²) in [4.78, 5) is 12.5. The van der Waals surface area contributed by atoms with E-state index in [2.05, 4.69) is 5.32 Å². The summed E-state index contributed by atoms with van der Waals surface area (Å²) in [6, 6.07) is 12.5. The summed E-state index contributed by atoms with van der Waals surface area (Å²) in [6.45, 7) is 1.25. The van der Waals surface area contributed by atoms with Crippen LogP contribution in [0.3, 0.4) is 0 Å². The smallest absolute Gasteiger partial charge is 0.251 e. The number of hydrogen-bond acceptors (Lipinski definition) is 5. The predicted octanol–water partition coefficient (Wildman–Crippen LogP) is 1.82. The standard InChI is InChI=1S/C19H21ClN2O5S/c20-16-6-4-14(5-7-16)18(23)13-21-19(24)15-2-1-3-17(12-15)28(25,26)22-8-10-27-11-9-22/h1-7,12,18,23H,8-11,13H2,(H,21,24)/t18-/m0/s1. The van der Waals surface area contributed by atoms with Crippen LogP contribution in [0.15, 0.2) is 53.4 Å². The maximum atomic E-state index is 12.7. The number of carbonyl (C=O) groups is 1. The van der Waals surface area contributed by atoms with Gasteiger partial charge in [0.2, 0.25) is 10.0 Å². The van der Waals surface area contributed by atoms with Gasteiger partial charge in [0.25, 0.3) is 5.91 Å². The normalized spacial score (nSPS) is 16.5. The molecule has 1 fully saturated rings. The Morgan fingerprint density at radius 1 is 1.18 bits per heavy atom. The Hall–Kier alpha value is -1.97. The lowest BCUT2D eigenvalue weighted by atomic mass is 10.1. The van der Waals surface area contributed by atoms with E-state index in [1.165, 1.54) is 28.6 Å². The van der Waals surface area contributed by atoms with Gasteiger partial charge in [-0.15, -0.1) is 0 Å². The molecular weight excluding hydrogens is 404 g/mol. The molecule has 0 radical (unpaired) electrons. The molecule has 2 aromatic rings. The number of morpholine rings is 1. The lowest BCUT2D eigenvalue weighted by molar-refractivity contribution is 0.0730. The number of sulfonamides is 1. The molecule has 7 nitrogen and oxygen atoms in total. The van der Waals surface area contributed by atoms with Crippen LogP contribution in [-0.2, 0) is 14.8 Å². The minimum absolute atomic E-state index is 0.0130. The third kappa shape index (κ3) is 4.89. The molecule has 1 aliphatic heterocycles. The zero-order chi connectivity index (χ0) is 20.1. The van der Waals surface area contributed by atoms with Gasteiger partial charge in [-0.1, -0.05) is 29.8 Å². The van der Waals surface area contributed by atoms with E-state index in [9.17, 15) is 18.3 Å². The molecule has 2 aromatic carbocycles. The first kappa shape index (κ1) is 20.8. The number of ether oxygens (including phenoxy) is 1. The molecule has 28 heavy (non-hydrogen) atoms. The zero-order valence-corrected chi connectivity index (χ0v) is 16.6. The molecule has 0 bridgehead atoms. The van der Waals surface area contributed by atoms with Crippen molar-refractivity contribution < 1.29 is 23.1 Å². The van der Waals surface area contributed by atoms with Crippen molar-refractivity contribution in [2.75, 3.05) is 32.8 Å². The van der Waals surface area contributed by atoms with Crippen LogP contribution < -0.4 is 5.32 Å². The van der Waals surface area contributed by atoms with Crippen LogP contribution in [0.25, 0.3) is 0 Å². The van der Waals surface area contributed by atoms with Crippen molar-refractivity contribution in [3.8, 4) is 0 Å². The number of rotatable bonds is 6. The van der Waals surface area contributed by atoms with Crippen molar-refractivity contribution in [2.45, 2.75) is 11.0 Å². The summed E-state index contributed by atoms with van der Waals surface area (Å²) in [5.41, 5.74) is 0.825. The highest BCUT2D eigenvalue weighted by Gasteiger charge is 2.26. The lowest BCUT2D eigenvalue weighted by Crippen LogP contribution is -2.40. The Bertz CT molecular complexity index is 928. The molecule has 1 amide bonds. The molecule has 0 saturated carbocycles. The quantitative estimate of drug-likeness (QED) is 0.737. The van der Waals surface area contributed by atoms with Gasteiger partial charge in [-0.05, 0) is 35.9 Å². The van der Waals surface area contributed by atoms with E-state index in [0.29, 0.717) is 23.8 Å². The van der Waals surface area contributed by atoms with Crippen molar-refractivity contribution in [2.24, 2.45) is 0 Å². The number of halogens is 1. The molecule has 2 N–H and O–H groups in total. The summed E-state index contributed by atoms with van der Waals surface area (Å²) >= 11 is 5.82. The van der Waals surface area contributed by atoms with Crippen molar-refractivity contribution in [3.63, 3.8) is 0 Å². The maximum absolute atomic E-state index is 12.7. The van der Waals surface area contributed by atoms with Gasteiger partial charge in [0.1, 0.15) is 0 Å². The number of aliphatic hydroxyl groups is 1. The molecule has 150 valence electrons. The van der Waals surface area contributed by atoms with Crippen LogP contribution in [0, 0.1) is 0 Å². The summed E-state index contributed by atoms with van der Waals surface area (Å²) in [5, 5.41) is 13.4. The SMILES string of the molecule is O=C(NC[C@H](O)c1ccc(Cl)cc1)c1cccc(S(=O)(=O)N2CCOCC2)c1. The third-order valence-electron chi connectivity index (χ3n) is 4.41. The molecule has 0 unspecified atom stereocenters. The third-order valence-corrected chi connectivity index (χ3v) is 6.56. The van der Waals surface area contributed by atoms with Crippen LogP contribution in [0.2, 0.25) is 5.02 Å². The fraction of sp³-hybridized carbons (Fsp3) is 0.316. The summed E-state index contributed by atoms with van der Waals surface area (Å²) in [7, 11) is -3.68.